The molecule has 37 heavy (non-hydrogen) atoms. The number of aryl methyl sites for hydroxylation is 1. The first kappa shape index (κ1) is 24.9. The molecule has 0 radical (unpaired) electrons. The minimum atomic E-state index is -0.920. The molecule has 192 valence electrons. The second-order valence-electron chi connectivity index (χ2n) is 10.8. The van der Waals surface area contributed by atoms with Crippen molar-refractivity contribution in [3.63, 3.8) is 0 Å². The van der Waals surface area contributed by atoms with Crippen LogP contribution in [-0.2, 0) is 27.8 Å². The van der Waals surface area contributed by atoms with Crippen LogP contribution in [0, 0.1) is 23.1 Å². The van der Waals surface area contributed by atoms with Gasteiger partial charge in [-0.2, -0.15) is 5.26 Å². The van der Waals surface area contributed by atoms with Crippen molar-refractivity contribution in [1.29, 1.82) is 5.26 Å². The summed E-state index contributed by atoms with van der Waals surface area (Å²) in [5.74, 6) is -0.196. The van der Waals surface area contributed by atoms with E-state index in [0.717, 1.165) is 36.9 Å². The van der Waals surface area contributed by atoms with E-state index in [1.165, 1.54) is 6.07 Å². The lowest BCUT2D eigenvalue weighted by atomic mass is 9.76. The van der Waals surface area contributed by atoms with Crippen LogP contribution in [0.15, 0.2) is 54.2 Å². The predicted molar refractivity (Wildman–Crippen MR) is 135 cm³/mol. The van der Waals surface area contributed by atoms with E-state index in [1.54, 1.807) is 42.8 Å². The van der Waals surface area contributed by atoms with Crippen LogP contribution in [0.1, 0.15) is 69.2 Å². The molecule has 0 bridgehead atoms. The van der Waals surface area contributed by atoms with Gasteiger partial charge in [-0.15, -0.1) is 0 Å². The molecule has 0 amide bonds. The number of benzene rings is 1. The van der Waals surface area contributed by atoms with Gasteiger partial charge in [0.1, 0.15) is 17.2 Å². The standard InChI is InChI=1S/C29H31FN4O3/c1-28(2,18-31)23-9-8-19(14-24(23)30)10-11-29(20-6-3-4-7-20)16-25(35)22(26(36)37-29)15-21-17-33-27-32-12-5-13-34(21)27/h5,8-9,12-14,17,20,35H,3-4,6-7,10-11,15-16H2,1-2H3. The van der Waals surface area contributed by atoms with E-state index >= 15 is 0 Å². The van der Waals surface area contributed by atoms with Crippen LogP contribution < -0.4 is 0 Å². The number of cyclic esters (lactones) is 1. The summed E-state index contributed by atoms with van der Waals surface area (Å²) in [4.78, 5) is 21.8. The van der Waals surface area contributed by atoms with E-state index in [2.05, 4.69) is 16.0 Å². The highest BCUT2D eigenvalue weighted by Gasteiger charge is 2.48. The first-order valence-corrected chi connectivity index (χ1v) is 12.8. The van der Waals surface area contributed by atoms with Crippen LogP contribution >= 0.6 is 0 Å². The summed E-state index contributed by atoms with van der Waals surface area (Å²) in [6.07, 6.45) is 10.5. The summed E-state index contributed by atoms with van der Waals surface area (Å²) >= 11 is 0. The zero-order chi connectivity index (χ0) is 26.2. The van der Waals surface area contributed by atoms with Crippen molar-refractivity contribution < 1.29 is 19.0 Å². The van der Waals surface area contributed by atoms with Gasteiger partial charge in [0.15, 0.2) is 0 Å². The van der Waals surface area contributed by atoms with Crippen LogP contribution in [0.3, 0.4) is 0 Å². The molecule has 0 saturated heterocycles. The lowest BCUT2D eigenvalue weighted by Crippen LogP contribution is -2.46. The van der Waals surface area contributed by atoms with Crippen LogP contribution in [0.2, 0.25) is 0 Å². The largest absolute Gasteiger partial charge is 0.512 e. The lowest BCUT2D eigenvalue weighted by Gasteiger charge is -2.42. The van der Waals surface area contributed by atoms with Crippen molar-refractivity contribution in [2.24, 2.45) is 5.92 Å². The molecule has 2 aromatic heterocycles. The maximum Gasteiger partial charge on any atom is 0.338 e. The molecule has 1 aromatic carbocycles. The van der Waals surface area contributed by atoms with Crippen LogP contribution in [0.5, 0.6) is 0 Å². The normalized spacial score (nSPS) is 20.9. The highest BCUT2D eigenvalue weighted by Crippen LogP contribution is 2.46. The van der Waals surface area contributed by atoms with Gasteiger partial charge in [0.2, 0.25) is 5.78 Å². The number of fused-ring (bicyclic) bond motifs is 1. The highest BCUT2D eigenvalue weighted by atomic mass is 19.1. The van der Waals surface area contributed by atoms with E-state index in [4.69, 9.17) is 4.74 Å². The average molecular weight is 503 g/mol. The summed E-state index contributed by atoms with van der Waals surface area (Å²) < 4.78 is 22.9. The molecular weight excluding hydrogens is 471 g/mol. The Bertz CT molecular complexity index is 1410. The SMILES string of the molecule is CC(C)(C#N)c1ccc(CCC2(C3CCCC3)CC(O)=C(Cc3cnc4ncccn34)C(=O)O2)cc1F. The molecule has 5 rings (SSSR count). The van der Waals surface area contributed by atoms with Gasteiger partial charge in [-0.1, -0.05) is 25.0 Å². The van der Waals surface area contributed by atoms with Gasteiger partial charge in [0.25, 0.3) is 0 Å². The smallest absolute Gasteiger partial charge is 0.338 e. The molecular formula is C29H31FN4O3. The van der Waals surface area contributed by atoms with E-state index in [-0.39, 0.29) is 30.1 Å². The van der Waals surface area contributed by atoms with Crippen molar-refractivity contribution in [2.45, 2.75) is 76.2 Å². The summed E-state index contributed by atoms with van der Waals surface area (Å²) in [6.45, 7) is 3.38. The Morgan fingerprint density at radius 2 is 2.08 bits per heavy atom. The number of nitrogens with zero attached hydrogens (tertiary/aromatic N) is 4. The maximum atomic E-state index is 14.9. The van der Waals surface area contributed by atoms with Gasteiger partial charge in [0.05, 0.1) is 23.3 Å². The third-order valence-corrected chi connectivity index (χ3v) is 8.00. The predicted octanol–water partition coefficient (Wildman–Crippen LogP) is 5.53. The molecule has 1 aliphatic heterocycles. The van der Waals surface area contributed by atoms with E-state index in [0.29, 0.717) is 24.2 Å². The monoisotopic (exact) mass is 502 g/mol. The third kappa shape index (κ3) is 4.71. The number of imidazole rings is 1. The number of rotatable bonds is 7. The minimum Gasteiger partial charge on any atom is -0.512 e. The first-order valence-electron chi connectivity index (χ1n) is 12.8. The minimum absolute atomic E-state index is 0.0549. The fourth-order valence-corrected chi connectivity index (χ4v) is 5.81. The van der Waals surface area contributed by atoms with Gasteiger partial charge >= 0.3 is 5.97 Å². The Kier molecular flexibility index (Phi) is 6.49. The third-order valence-electron chi connectivity index (χ3n) is 8.00. The molecule has 3 heterocycles. The van der Waals surface area contributed by atoms with Crippen molar-refractivity contribution in [1.82, 2.24) is 14.4 Å². The number of aliphatic hydroxyl groups excluding tert-OH is 1. The number of carbonyl (C=O) groups is 1. The maximum absolute atomic E-state index is 14.9. The topological polar surface area (TPSA) is 101 Å². The zero-order valence-corrected chi connectivity index (χ0v) is 21.2. The molecule has 3 aromatic rings. The number of nitriles is 1. The van der Waals surface area contributed by atoms with E-state index < -0.39 is 22.8 Å². The fourth-order valence-electron chi connectivity index (χ4n) is 5.81. The summed E-state index contributed by atoms with van der Waals surface area (Å²) in [7, 11) is 0. The molecule has 8 heteroatoms. The number of hydrogen-bond acceptors (Lipinski definition) is 6. The molecule has 1 unspecified atom stereocenters. The van der Waals surface area contributed by atoms with Crippen LogP contribution in [0.4, 0.5) is 4.39 Å². The molecule has 1 N–H and O–H groups in total. The molecule has 1 fully saturated rings. The molecule has 2 aliphatic rings. The number of carbonyl (C=O) groups excluding carboxylic acids is 1. The van der Waals surface area contributed by atoms with Gasteiger partial charge in [-0.05, 0) is 63.1 Å². The molecule has 7 nitrogen and oxygen atoms in total. The molecule has 1 saturated carbocycles. The molecule has 1 atom stereocenters. The van der Waals surface area contributed by atoms with Crippen molar-refractivity contribution in [3.05, 3.63) is 76.8 Å². The number of hydrogen-bond donors (Lipinski definition) is 1. The zero-order valence-electron chi connectivity index (χ0n) is 21.2. The van der Waals surface area contributed by atoms with Gasteiger partial charge in [-0.3, -0.25) is 4.40 Å². The van der Waals surface area contributed by atoms with Gasteiger partial charge < -0.3 is 9.84 Å². The highest BCUT2D eigenvalue weighted by molar-refractivity contribution is 5.90. The van der Waals surface area contributed by atoms with Crippen molar-refractivity contribution in [3.8, 4) is 6.07 Å². The molecule has 0 spiro atoms. The van der Waals surface area contributed by atoms with E-state index in [1.807, 2.05) is 12.3 Å². The Hall–Kier alpha value is -3.73. The number of ether oxygens (including phenoxy) is 1. The Morgan fingerprint density at radius 3 is 2.78 bits per heavy atom. The Morgan fingerprint density at radius 1 is 1.30 bits per heavy atom. The van der Waals surface area contributed by atoms with Crippen molar-refractivity contribution in [2.75, 3.05) is 0 Å². The molecule has 1 aliphatic carbocycles. The van der Waals surface area contributed by atoms with Crippen LogP contribution in [-0.4, -0.2) is 31.0 Å². The quantitative estimate of drug-likeness (QED) is 0.426. The fraction of sp³-hybridized carbons (Fsp3) is 0.448. The Labute approximate surface area is 215 Å². The number of aliphatic hydroxyl groups is 1. The summed E-state index contributed by atoms with van der Waals surface area (Å²) in [6, 6.07) is 8.91. The second-order valence-corrected chi connectivity index (χ2v) is 10.8. The van der Waals surface area contributed by atoms with Gasteiger partial charge in [0, 0.05) is 36.5 Å². The summed E-state index contributed by atoms with van der Waals surface area (Å²) in [5.41, 5.74) is 0.371. The Balaban J connectivity index is 1.39. The average Bonchev–Trinajstić information content (AvgIpc) is 3.56. The van der Waals surface area contributed by atoms with Crippen molar-refractivity contribution >= 4 is 11.7 Å². The number of esters is 1. The number of aromatic nitrogens is 3. The van der Waals surface area contributed by atoms with E-state index in [9.17, 15) is 19.6 Å². The summed E-state index contributed by atoms with van der Waals surface area (Å²) in [5, 5.41) is 20.5. The number of halogens is 1. The van der Waals surface area contributed by atoms with Gasteiger partial charge in [-0.25, -0.2) is 19.2 Å². The second kappa shape index (κ2) is 9.62. The lowest BCUT2D eigenvalue weighted by molar-refractivity contribution is -0.167. The van der Waals surface area contributed by atoms with Crippen LogP contribution in [0.25, 0.3) is 5.78 Å². The first-order chi connectivity index (χ1) is 17.7.